The third kappa shape index (κ3) is 3.06. The fourth-order valence-electron chi connectivity index (χ4n) is 1.57. The van der Waals surface area contributed by atoms with Crippen LogP contribution in [0.25, 0.3) is 0 Å². The molecule has 0 amide bonds. The van der Waals surface area contributed by atoms with Crippen molar-refractivity contribution in [3.63, 3.8) is 0 Å². The third-order valence-electron chi connectivity index (χ3n) is 3.51. The molecule has 1 aromatic heterocycles. The molecule has 0 saturated heterocycles. The first kappa shape index (κ1) is 12.2. The molecular weight excluding hydrogens is 186 g/mol. The van der Waals surface area contributed by atoms with Crippen molar-refractivity contribution < 1.29 is 0 Å². The van der Waals surface area contributed by atoms with Gasteiger partial charge in [0.25, 0.3) is 0 Å². The molecule has 0 spiro atoms. The molecule has 0 saturated carbocycles. The molecule has 3 nitrogen and oxygen atoms in total. The Morgan fingerprint density at radius 2 is 2.20 bits per heavy atom. The summed E-state index contributed by atoms with van der Waals surface area (Å²) in [6.07, 6.45) is 6.91. The van der Waals surface area contributed by atoms with Crippen molar-refractivity contribution in [2.75, 3.05) is 0 Å². The number of aryl methyl sites for hydroxylation is 2. The molecule has 0 fully saturated rings. The van der Waals surface area contributed by atoms with Crippen LogP contribution in [0.2, 0.25) is 0 Å². The van der Waals surface area contributed by atoms with Gasteiger partial charge in [0.05, 0.1) is 0 Å². The largest absolute Gasteiger partial charge is 0.338 e. The molecule has 0 bridgehead atoms. The van der Waals surface area contributed by atoms with Gasteiger partial charge in [0.1, 0.15) is 5.82 Å². The zero-order chi connectivity index (χ0) is 11.5. The van der Waals surface area contributed by atoms with E-state index in [2.05, 4.69) is 30.3 Å². The van der Waals surface area contributed by atoms with Crippen LogP contribution in [0.5, 0.6) is 0 Å². The van der Waals surface area contributed by atoms with Crippen molar-refractivity contribution in [3.05, 3.63) is 18.2 Å². The molecular formula is C12H23N3. The summed E-state index contributed by atoms with van der Waals surface area (Å²) in [5, 5.41) is 0. The van der Waals surface area contributed by atoms with E-state index >= 15 is 0 Å². The Labute approximate surface area is 92.7 Å². The number of hydrogen-bond donors (Lipinski definition) is 1. The smallest absolute Gasteiger partial charge is 0.108 e. The number of rotatable bonds is 5. The minimum Gasteiger partial charge on any atom is -0.338 e. The zero-order valence-electron chi connectivity index (χ0n) is 10.3. The minimum absolute atomic E-state index is 0.227. The van der Waals surface area contributed by atoms with E-state index < -0.39 is 0 Å². The highest BCUT2D eigenvalue weighted by atomic mass is 15.0. The summed E-state index contributed by atoms with van der Waals surface area (Å²) in [6, 6.07) is 0.249. The molecule has 2 N–H and O–H groups in total. The van der Waals surface area contributed by atoms with Gasteiger partial charge in [-0.15, -0.1) is 0 Å². The Hall–Kier alpha value is -0.830. The molecule has 0 aliphatic carbocycles. The van der Waals surface area contributed by atoms with Gasteiger partial charge in [-0.1, -0.05) is 20.8 Å². The van der Waals surface area contributed by atoms with Gasteiger partial charge in [-0.25, -0.2) is 4.98 Å². The first-order valence-corrected chi connectivity index (χ1v) is 5.69. The summed E-state index contributed by atoms with van der Waals surface area (Å²) in [5.74, 6) is 1.12. The molecule has 1 aromatic rings. The van der Waals surface area contributed by atoms with Crippen LogP contribution in [-0.2, 0) is 13.5 Å². The molecule has 1 atom stereocenters. The van der Waals surface area contributed by atoms with Gasteiger partial charge in [0.2, 0.25) is 0 Å². The normalized spacial score (nSPS) is 14.2. The molecule has 0 radical (unpaired) electrons. The summed E-state index contributed by atoms with van der Waals surface area (Å²) in [5.41, 5.74) is 6.42. The lowest BCUT2D eigenvalue weighted by molar-refractivity contribution is 0.261. The lowest BCUT2D eigenvalue weighted by atomic mass is 9.80. The first-order chi connectivity index (χ1) is 6.97. The average Bonchev–Trinajstić information content (AvgIpc) is 2.60. The van der Waals surface area contributed by atoms with Crippen LogP contribution < -0.4 is 5.73 Å². The van der Waals surface area contributed by atoms with Gasteiger partial charge in [-0.05, 0) is 18.3 Å². The predicted octanol–water partition coefficient (Wildman–Crippen LogP) is 2.12. The molecule has 0 aliphatic rings. The lowest BCUT2D eigenvalue weighted by Crippen LogP contribution is -2.37. The van der Waals surface area contributed by atoms with E-state index in [1.54, 1.807) is 0 Å². The van der Waals surface area contributed by atoms with Gasteiger partial charge in [0, 0.05) is 31.9 Å². The quantitative estimate of drug-likeness (QED) is 0.807. The molecule has 15 heavy (non-hydrogen) atoms. The number of nitrogens with zero attached hydrogens (tertiary/aromatic N) is 2. The summed E-state index contributed by atoms with van der Waals surface area (Å²) < 4.78 is 2.06. The Morgan fingerprint density at radius 1 is 1.53 bits per heavy atom. The van der Waals surface area contributed by atoms with E-state index in [1.165, 1.54) is 0 Å². The Bertz CT molecular complexity index is 302. The number of aromatic nitrogens is 2. The van der Waals surface area contributed by atoms with E-state index in [1.807, 2.05) is 19.4 Å². The van der Waals surface area contributed by atoms with Gasteiger partial charge < -0.3 is 10.3 Å². The topological polar surface area (TPSA) is 43.8 Å². The van der Waals surface area contributed by atoms with Crippen LogP contribution in [0.3, 0.4) is 0 Å². The van der Waals surface area contributed by atoms with Crippen molar-refractivity contribution in [2.45, 2.75) is 46.1 Å². The molecule has 1 heterocycles. The summed E-state index contributed by atoms with van der Waals surface area (Å²) >= 11 is 0. The molecule has 1 unspecified atom stereocenters. The summed E-state index contributed by atoms with van der Waals surface area (Å²) in [7, 11) is 2.03. The maximum absolute atomic E-state index is 6.19. The molecule has 3 heteroatoms. The molecule has 1 rings (SSSR count). The standard InChI is InChI=1S/C12H23N3/c1-5-12(2,3)10(13)6-7-11-14-8-9-15(11)4/h8-10H,5-7,13H2,1-4H3. The second-order valence-corrected chi connectivity index (χ2v) is 4.94. The molecule has 0 aliphatic heterocycles. The first-order valence-electron chi connectivity index (χ1n) is 5.69. The predicted molar refractivity (Wildman–Crippen MR) is 63.6 cm³/mol. The fraction of sp³-hybridized carbons (Fsp3) is 0.750. The van der Waals surface area contributed by atoms with E-state index in [4.69, 9.17) is 5.73 Å². The van der Waals surface area contributed by atoms with Crippen LogP contribution >= 0.6 is 0 Å². The van der Waals surface area contributed by atoms with E-state index in [-0.39, 0.29) is 11.5 Å². The van der Waals surface area contributed by atoms with Gasteiger partial charge in [-0.2, -0.15) is 0 Å². The van der Waals surface area contributed by atoms with Crippen molar-refractivity contribution in [3.8, 4) is 0 Å². The van der Waals surface area contributed by atoms with Crippen molar-refractivity contribution in [1.82, 2.24) is 9.55 Å². The van der Waals surface area contributed by atoms with Gasteiger partial charge >= 0.3 is 0 Å². The highest BCUT2D eigenvalue weighted by Gasteiger charge is 2.24. The number of hydrogen-bond acceptors (Lipinski definition) is 2. The van der Waals surface area contributed by atoms with E-state index in [0.717, 1.165) is 25.1 Å². The summed E-state index contributed by atoms with van der Waals surface area (Å²) in [4.78, 5) is 4.30. The number of imidazole rings is 1. The van der Waals surface area contributed by atoms with Gasteiger partial charge in [-0.3, -0.25) is 0 Å². The highest BCUT2D eigenvalue weighted by Crippen LogP contribution is 2.25. The average molecular weight is 209 g/mol. The van der Waals surface area contributed by atoms with Gasteiger partial charge in [0.15, 0.2) is 0 Å². The van der Waals surface area contributed by atoms with Crippen LogP contribution in [0.15, 0.2) is 12.4 Å². The zero-order valence-corrected chi connectivity index (χ0v) is 10.3. The highest BCUT2D eigenvalue weighted by molar-refractivity contribution is 4.93. The Kier molecular flexibility index (Phi) is 3.91. The van der Waals surface area contributed by atoms with Crippen LogP contribution in [0.1, 0.15) is 39.4 Å². The second-order valence-electron chi connectivity index (χ2n) is 4.94. The Balaban J connectivity index is 2.48. The molecule has 0 aromatic carbocycles. The minimum atomic E-state index is 0.227. The Morgan fingerprint density at radius 3 is 2.67 bits per heavy atom. The van der Waals surface area contributed by atoms with Crippen LogP contribution in [0.4, 0.5) is 0 Å². The fourth-order valence-corrected chi connectivity index (χ4v) is 1.57. The lowest BCUT2D eigenvalue weighted by Gasteiger charge is -2.30. The third-order valence-corrected chi connectivity index (χ3v) is 3.51. The van der Waals surface area contributed by atoms with Crippen LogP contribution in [-0.4, -0.2) is 15.6 Å². The van der Waals surface area contributed by atoms with Crippen molar-refractivity contribution >= 4 is 0 Å². The van der Waals surface area contributed by atoms with Crippen molar-refractivity contribution in [1.29, 1.82) is 0 Å². The maximum atomic E-state index is 6.19. The van der Waals surface area contributed by atoms with Crippen molar-refractivity contribution in [2.24, 2.45) is 18.2 Å². The van der Waals surface area contributed by atoms with E-state index in [0.29, 0.717) is 0 Å². The summed E-state index contributed by atoms with van der Waals surface area (Å²) in [6.45, 7) is 6.66. The monoisotopic (exact) mass is 209 g/mol. The second kappa shape index (κ2) is 4.79. The SMILES string of the molecule is CCC(C)(C)C(N)CCc1nccn1C. The van der Waals surface area contributed by atoms with E-state index in [9.17, 15) is 0 Å². The number of nitrogens with two attached hydrogens (primary N) is 1. The molecule has 86 valence electrons. The maximum Gasteiger partial charge on any atom is 0.108 e. The van der Waals surface area contributed by atoms with Crippen LogP contribution in [0, 0.1) is 5.41 Å².